The molecular weight excluding hydrogens is 450 g/mol. The van der Waals surface area contributed by atoms with Crippen LogP contribution in [0.1, 0.15) is 19.4 Å². The Hall–Kier alpha value is -3.48. The van der Waals surface area contributed by atoms with Crippen LogP contribution in [-0.2, 0) is 11.3 Å². The minimum atomic E-state index is -0.0811. The molecule has 5 rings (SSSR count). The Kier molecular flexibility index (Phi) is 6.90. The summed E-state index contributed by atoms with van der Waals surface area (Å²) in [5.74, 6) is 1.46. The third-order valence-electron chi connectivity index (χ3n) is 7.03. The molecular formula is C30H33N3O3. The molecule has 0 radical (unpaired) electrons. The summed E-state index contributed by atoms with van der Waals surface area (Å²) in [5.41, 5.74) is 4.63. The minimum Gasteiger partial charge on any atom is -0.497 e. The van der Waals surface area contributed by atoms with Gasteiger partial charge in [-0.25, -0.2) is 4.98 Å². The SMILES string of the molecule is COc1cccc(-c2ccc3nc(-c4ccccc4C)n(CC4CN(C(C)C)CCO4)c(=O)c3c2)c1. The van der Waals surface area contributed by atoms with Crippen LogP contribution in [0, 0.1) is 6.92 Å². The van der Waals surface area contributed by atoms with Gasteiger partial charge in [0.15, 0.2) is 0 Å². The molecule has 186 valence electrons. The maximum Gasteiger partial charge on any atom is 0.261 e. The third-order valence-corrected chi connectivity index (χ3v) is 7.03. The summed E-state index contributed by atoms with van der Waals surface area (Å²) in [5, 5.41) is 0.601. The average Bonchev–Trinajstić information content (AvgIpc) is 2.90. The van der Waals surface area contributed by atoms with Gasteiger partial charge in [0.1, 0.15) is 11.6 Å². The highest BCUT2D eigenvalue weighted by Crippen LogP contribution is 2.28. The Bertz CT molecular complexity index is 1440. The molecule has 0 N–H and O–H groups in total. The highest BCUT2D eigenvalue weighted by molar-refractivity contribution is 5.85. The van der Waals surface area contributed by atoms with E-state index in [4.69, 9.17) is 14.5 Å². The van der Waals surface area contributed by atoms with Gasteiger partial charge in [-0.3, -0.25) is 14.3 Å². The van der Waals surface area contributed by atoms with Crippen LogP contribution in [0.15, 0.2) is 71.5 Å². The van der Waals surface area contributed by atoms with Crippen LogP contribution in [0.4, 0.5) is 0 Å². The zero-order valence-electron chi connectivity index (χ0n) is 21.4. The van der Waals surface area contributed by atoms with Crippen LogP contribution in [0.5, 0.6) is 5.75 Å². The first-order chi connectivity index (χ1) is 17.4. The van der Waals surface area contributed by atoms with Crippen LogP contribution >= 0.6 is 0 Å². The topological polar surface area (TPSA) is 56.6 Å². The second-order valence-corrected chi connectivity index (χ2v) is 9.71. The van der Waals surface area contributed by atoms with Gasteiger partial charge in [0.2, 0.25) is 0 Å². The van der Waals surface area contributed by atoms with Gasteiger partial charge in [0.25, 0.3) is 5.56 Å². The molecule has 1 aliphatic rings. The second kappa shape index (κ2) is 10.2. The number of morpholine rings is 1. The largest absolute Gasteiger partial charge is 0.497 e. The van der Waals surface area contributed by atoms with Crippen molar-refractivity contribution >= 4 is 10.9 Å². The lowest BCUT2D eigenvalue weighted by atomic mass is 10.0. The number of aryl methyl sites for hydroxylation is 1. The third kappa shape index (κ3) is 4.79. The zero-order valence-corrected chi connectivity index (χ0v) is 21.4. The normalized spacial score (nSPS) is 16.5. The van der Waals surface area contributed by atoms with Gasteiger partial charge in [-0.15, -0.1) is 0 Å². The first-order valence-electron chi connectivity index (χ1n) is 12.6. The van der Waals surface area contributed by atoms with E-state index in [0.29, 0.717) is 35.9 Å². The molecule has 4 aromatic rings. The number of benzene rings is 3. The molecule has 1 saturated heterocycles. The van der Waals surface area contributed by atoms with Gasteiger partial charge < -0.3 is 9.47 Å². The maximum absolute atomic E-state index is 14.1. The molecule has 1 aliphatic heterocycles. The van der Waals surface area contributed by atoms with Crippen molar-refractivity contribution in [2.75, 3.05) is 26.8 Å². The molecule has 6 nitrogen and oxygen atoms in total. The van der Waals surface area contributed by atoms with Crippen molar-refractivity contribution in [3.8, 4) is 28.3 Å². The predicted molar refractivity (Wildman–Crippen MR) is 145 cm³/mol. The molecule has 1 unspecified atom stereocenters. The molecule has 36 heavy (non-hydrogen) atoms. The number of hydrogen-bond donors (Lipinski definition) is 0. The standard InChI is InChI=1S/C30H33N3O3/c1-20(2)32-14-15-36-25(18-32)19-33-29(26-11-6-5-8-21(26)3)31-28-13-12-23(17-27(28)30(33)34)22-9-7-10-24(16-22)35-4/h5-13,16-17,20,25H,14-15,18-19H2,1-4H3. The van der Waals surface area contributed by atoms with Crippen molar-refractivity contribution in [2.45, 2.75) is 39.5 Å². The highest BCUT2D eigenvalue weighted by Gasteiger charge is 2.25. The Morgan fingerprint density at radius 3 is 2.64 bits per heavy atom. The Morgan fingerprint density at radius 1 is 1.06 bits per heavy atom. The molecule has 1 aromatic heterocycles. The second-order valence-electron chi connectivity index (χ2n) is 9.71. The summed E-state index contributed by atoms with van der Waals surface area (Å²) >= 11 is 0. The van der Waals surface area contributed by atoms with E-state index in [1.165, 1.54) is 0 Å². The van der Waals surface area contributed by atoms with Crippen molar-refractivity contribution in [3.63, 3.8) is 0 Å². The van der Waals surface area contributed by atoms with E-state index in [1.54, 1.807) is 7.11 Å². The van der Waals surface area contributed by atoms with E-state index in [1.807, 2.05) is 65.2 Å². The van der Waals surface area contributed by atoms with Crippen LogP contribution < -0.4 is 10.3 Å². The summed E-state index contributed by atoms with van der Waals surface area (Å²) in [4.78, 5) is 21.5. The number of ether oxygens (including phenoxy) is 2. The first kappa shape index (κ1) is 24.2. The first-order valence-corrected chi connectivity index (χ1v) is 12.6. The van der Waals surface area contributed by atoms with Gasteiger partial charge in [0.05, 0.1) is 37.3 Å². The summed E-state index contributed by atoms with van der Waals surface area (Å²) in [6.07, 6.45) is -0.0811. The average molecular weight is 484 g/mol. The number of aromatic nitrogens is 2. The Morgan fingerprint density at radius 2 is 1.86 bits per heavy atom. The van der Waals surface area contributed by atoms with Crippen LogP contribution in [0.25, 0.3) is 33.4 Å². The molecule has 0 aliphatic carbocycles. The summed E-state index contributed by atoms with van der Waals surface area (Å²) < 4.78 is 13.3. The maximum atomic E-state index is 14.1. The lowest BCUT2D eigenvalue weighted by Gasteiger charge is -2.36. The molecule has 2 heterocycles. The predicted octanol–water partition coefficient (Wildman–Crippen LogP) is 5.16. The van der Waals surface area contributed by atoms with Crippen LogP contribution in [0.3, 0.4) is 0 Å². The van der Waals surface area contributed by atoms with Gasteiger partial charge in [-0.2, -0.15) is 0 Å². The molecule has 0 saturated carbocycles. The quantitative estimate of drug-likeness (QED) is 0.379. The number of nitrogens with zero attached hydrogens (tertiary/aromatic N) is 3. The number of hydrogen-bond acceptors (Lipinski definition) is 5. The van der Waals surface area contributed by atoms with Crippen molar-refractivity contribution in [3.05, 3.63) is 82.6 Å². The number of fused-ring (bicyclic) bond motifs is 1. The monoisotopic (exact) mass is 483 g/mol. The van der Waals surface area contributed by atoms with E-state index in [2.05, 4.69) is 31.7 Å². The lowest BCUT2D eigenvalue weighted by Crippen LogP contribution is -2.48. The lowest BCUT2D eigenvalue weighted by molar-refractivity contribution is -0.0458. The Labute approximate surface area is 212 Å². The van der Waals surface area contributed by atoms with Gasteiger partial charge >= 0.3 is 0 Å². The van der Waals surface area contributed by atoms with E-state index in [0.717, 1.165) is 41.1 Å². The molecule has 1 atom stereocenters. The molecule has 0 spiro atoms. The van der Waals surface area contributed by atoms with Gasteiger partial charge in [-0.1, -0.05) is 42.5 Å². The fourth-order valence-corrected chi connectivity index (χ4v) is 4.93. The van der Waals surface area contributed by atoms with Crippen molar-refractivity contribution in [1.29, 1.82) is 0 Å². The van der Waals surface area contributed by atoms with Gasteiger partial charge in [-0.05, 0) is 61.7 Å². The Balaban J connectivity index is 1.64. The summed E-state index contributed by atoms with van der Waals surface area (Å²) in [6, 6.07) is 22.3. The molecule has 1 fully saturated rings. The molecule has 0 amide bonds. The van der Waals surface area contributed by atoms with E-state index >= 15 is 0 Å². The zero-order chi connectivity index (χ0) is 25.2. The van der Waals surface area contributed by atoms with Crippen molar-refractivity contribution in [1.82, 2.24) is 14.5 Å². The van der Waals surface area contributed by atoms with Crippen molar-refractivity contribution < 1.29 is 9.47 Å². The fraction of sp³-hybridized carbons (Fsp3) is 0.333. The van der Waals surface area contributed by atoms with Crippen molar-refractivity contribution in [2.24, 2.45) is 0 Å². The molecule has 3 aromatic carbocycles. The van der Waals surface area contributed by atoms with E-state index in [-0.39, 0.29) is 11.7 Å². The van der Waals surface area contributed by atoms with Crippen LogP contribution in [-0.4, -0.2) is 53.4 Å². The minimum absolute atomic E-state index is 0.0479. The number of methoxy groups -OCH3 is 1. The number of rotatable bonds is 6. The summed E-state index contributed by atoms with van der Waals surface area (Å²) in [6.45, 7) is 9.28. The smallest absolute Gasteiger partial charge is 0.261 e. The van der Waals surface area contributed by atoms with Gasteiger partial charge in [0, 0.05) is 24.7 Å². The molecule has 6 heteroatoms. The van der Waals surface area contributed by atoms with E-state index < -0.39 is 0 Å². The van der Waals surface area contributed by atoms with E-state index in [9.17, 15) is 4.79 Å². The molecule has 0 bridgehead atoms. The van der Waals surface area contributed by atoms with Crippen LogP contribution in [0.2, 0.25) is 0 Å². The summed E-state index contributed by atoms with van der Waals surface area (Å²) in [7, 11) is 1.66. The fourth-order valence-electron chi connectivity index (χ4n) is 4.93. The highest BCUT2D eigenvalue weighted by atomic mass is 16.5.